The van der Waals surface area contributed by atoms with Crippen LogP contribution in [0.1, 0.15) is 31.2 Å². The average Bonchev–Trinajstić information content (AvgIpc) is 2.40. The van der Waals surface area contributed by atoms with Crippen molar-refractivity contribution in [2.75, 3.05) is 7.11 Å². The molecule has 0 radical (unpaired) electrons. The number of ether oxygens (including phenoxy) is 2. The first-order valence-corrected chi connectivity index (χ1v) is 6.23. The Morgan fingerprint density at radius 1 is 1.28 bits per heavy atom. The predicted octanol–water partition coefficient (Wildman–Crippen LogP) is 2.57. The van der Waals surface area contributed by atoms with Gasteiger partial charge in [-0.25, -0.2) is 4.79 Å². The fourth-order valence-electron chi connectivity index (χ4n) is 2.68. The first-order valence-electron chi connectivity index (χ1n) is 6.23. The fraction of sp³-hybridized carbons (Fsp3) is 0.500. The van der Waals surface area contributed by atoms with Crippen LogP contribution in [0.4, 0.5) is 4.79 Å². The maximum atomic E-state index is 11.2. The van der Waals surface area contributed by atoms with Crippen molar-refractivity contribution in [3.63, 3.8) is 0 Å². The van der Waals surface area contributed by atoms with Crippen molar-refractivity contribution in [3.05, 3.63) is 35.9 Å². The highest BCUT2D eigenvalue weighted by Crippen LogP contribution is 2.41. The molecule has 1 aromatic carbocycles. The van der Waals surface area contributed by atoms with Gasteiger partial charge in [-0.05, 0) is 31.2 Å². The second-order valence-electron chi connectivity index (χ2n) is 4.72. The quantitative estimate of drug-likeness (QED) is 0.895. The van der Waals surface area contributed by atoms with Crippen LogP contribution in [0.3, 0.4) is 0 Å². The van der Waals surface area contributed by atoms with Gasteiger partial charge in [-0.2, -0.15) is 0 Å². The molecule has 0 spiro atoms. The van der Waals surface area contributed by atoms with E-state index in [4.69, 9.17) is 15.2 Å². The van der Waals surface area contributed by atoms with E-state index < -0.39 is 11.7 Å². The maximum Gasteiger partial charge on any atom is 0.405 e. The standard InChI is InChI=1S/C14H19NO3/c1-17-12-7-9-14(10-8-12,18-13(15)16)11-5-3-2-4-6-11/h2-6,12H,7-10H2,1H3,(H2,15,16). The van der Waals surface area contributed by atoms with Gasteiger partial charge in [0.05, 0.1) is 6.10 Å². The van der Waals surface area contributed by atoms with Crippen molar-refractivity contribution < 1.29 is 14.3 Å². The highest BCUT2D eigenvalue weighted by Gasteiger charge is 2.40. The van der Waals surface area contributed by atoms with Gasteiger partial charge in [0.1, 0.15) is 5.60 Å². The Hall–Kier alpha value is -1.55. The smallest absolute Gasteiger partial charge is 0.405 e. The molecule has 1 fully saturated rings. The molecule has 2 N–H and O–H groups in total. The first kappa shape index (κ1) is 12.9. The van der Waals surface area contributed by atoms with Gasteiger partial charge in [0, 0.05) is 7.11 Å². The SMILES string of the molecule is COC1CCC(OC(N)=O)(c2ccccc2)CC1. The number of rotatable bonds is 3. The predicted molar refractivity (Wildman–Crippen MR) is 68.1 cm³/mol. The van der Waals surface area contributed by atoms with E-state index in [2.05, 4.69) is 0 Å². The molecule has 2 rings (SSSR count). The molecule has 0 heterocycles. The van der Waals surface area contributed by atoms with Gasteiger partial charge in [-0.1, -0.05) is 30.3 Å². The molecular weight excluding hydrogens is 230 g/mol. The van der Waals surface area contributed by atoms with Crippen molar-refractivity contribution in [2.45, 2.75) is 37.4 Å². The third-order valence-corrected chi connectivity index (χ3v) is 3.67. The molecule has 1 amide bonds. The summed E-state index contributed by atoms with van der Waals surface area (Å²) in [6.45, 7) is 0. The van der Waals surface area contributed by atoms with Crippen molar-refractivity contribution in [1.82, 2.24) is 0 Å². The van der Waals surface area contributed by atoms with Gasteiger partial charge in [-0.15, -0.1) is 0 Å². The Labute approximate surface area is 107 Å². The number of methoxy groups -OCH3 is 1. The van der Waals surface area contributed by atoms with E-state index in [1.807, 2.05) is 30.3 Å². The van der Waals surface area contributed by atoms with Gasteiger partial charge in [0.25, 0.3) is 0 Å². The zero-order valence-corrected chi connectivity index (χ0v) is 10.6. The number of benzene rings is 1. The largest absolute Gasteiger partial charge is 0.438 e. The van der Waals surface area contributed by atoms with E-state index >= 15 is 0 Å². The highest BCUT2D eigenvalue weighted by molar-refractivity contribution is 5.65. The van der Waals surface area contributed by atoms with Crippen LogP contribution in [0.15, 0.2) is 30.3 Å². The normalized spacial score (nSPS) is 27.7. The maximum absolute atomic E-state index is 11.2. The number of carbonyl (C=O) groups excluding carboxylic acids is 1. The third-order valence-electron chi connectivity index (χ3n) is 3.67. The summed E-state index contributed by atoms with van der Waals surface area (Å²) >= 11 is 0. The van der Waals surface area contributed by atoms with Gasteiger partial charge in [0.15, 0.2) is 0 Å². The number of carbonyl (C=O) groups is 1. The molecule has 0 bridgehead atoms. The van der Waals surface area contributed by atoms with E-state index in [0.717, 1.165) is 31.2 Å². The minimum Gasteiger partial charge on any atom is -0.438 e. The van der Waals surface area contributed by atoms with Crippen LogP contribution in [0.25, 0.3) is 0 Å². The third kappa shape index (κ3) is 2.64. The molecule has 0 saturated heterocycles. The summed E-state index contributed by atoms with van der Waals surface area (Å²) in [4.78, 5) is 11.2. The second kappa shape index (κ2) is 5.40. The number of nitrogens with two attached hydrogens (primary N) is 1. The van der Waals surface area contributed by atoms with Crippen molar-refractivity contribution in [3.8, 4) is 0 Å². The lowest BCUT2D eigenvalue weighted by Crippen LogP contribution is -2.39. The first-order chi connectivity index (χ1) is 8.66. The summed E-state index contributed by atoms with van der Waals surface area (Å²) in [7, 11) is 1.72. The van der Waals surface area contributed by atoms with Crippen LogP contribution >= 0.6 is 0 Å². The van der Waals surface area contributed by atoms with E-state index in [1.54, 1.807) is 7.11 Å². The molecule has 98 valence electrons. The zero-order chi connectivity index (χ0) is 13.0. The molecule has 0 atom stereocenters. The Kier molecular flexibility index (Phi) is 3.87. The molecule has 0 aromatic heterocycles. The summed E-state index contributed by atoms with van der Waals surface area (Å²) in [5.74, 6) is 0. The lowest BCUT2D eigenvalue weighted by molar-refractivity contribution is -0.0541. The van der Waals surface area contributed by atoms with Gasteiger partial charge in [0.2, 0.25) is 0 Å². The van der Waals surface area contributed by atoms with Crippen LogP contribution in [0.2, 0.25) is 0 Å². The average molecular weight is 249 g/mol. The fourth-order valence-corrected chi connectivity index (χ4v) is 2.68. The molecule has 1 aliphatic carbocycles. The van der Waals surface area contributed by atoms with Crippen molar-refractivity contribution in [2.24, 2.45) is 5.73 Å². The van der Waals surface area contributed by atoms with E-state index in [1.165, 1.54) is 0 Å². The van der Waals surface area contributed by atoms with Crippen LogP contribution in [-0.2, 0) is 15.1 Å². The van der Waals surface area contributed by atoms with Gasteiger partial charge < -0.3 is 15.2 Å². The molecule has 4 nitrogen and oxygen atoms in total. The monoisotopic (exact) mass is 249 g/mol. The van der Waals surface area contributed by atoms with E-state index in [9.17, 15) is 4.79 Å². The molecule has 1 aromatic rings. The lowest BCUT2D eigenvalue weighted by Gasteiger charge is -2.39. The minimum atomic E-state index is -0.713. The van der Waals surface area contributed by atoms with Crippen molar-refractivity contribution in [1.29, 1.82) is 0 Å². The van der Waals surface area contributed by atoms with Gasteiger partial charge in [-0.3, -0.25) is 0 Å². The summed E-state index contributed by atoms with van der Waals surface area (Å²) in [5.41, 5.74) is 5.65. The van der Waals surface area contributed by atoms with Crippen LogP contribution in [0.5, 0.6) is 0 Å². The number of primary amides is 1. The summed E-state index contributed by atoms with van der Waals surface area (Å²) in [6, 6.07) is 9.81. The Balaban J connectivity index is 2.23. The van der Waals surface area contributed by atoms with Crippen molar-refractivity contribution >= 4 is 6.09 Å². The van der Waals surface area contributed by atoms with Crippen LogP contribution in [-0.4, -0.2) is 19.3 Å². The molecule has 4 heteroatoms. The molecule has 0 unspecified atom stereocenters. The molecule has 0 aliphatic heterocycles. The van der Waals surface area contributed by atoms with E-state index in [0.29, 0.717) is 0 Å². The number of hydrogen-bond donors (Lipinski definition) is 1. The minimum absolute atomic E-state index is 0.248. The number of amides is 1. The molecular formula is C14H19NO3. The highest BCUT2D eigenvalue weighted by atomic mass is 16.6. The Morgan fingerprint density at radius 3 is 2.39 bits per heavy atom. The topological polar surface area (TPSA) is 61.6 Å². The lowest BCUT2D eigenvalue weighted by atomic mass is 9.78. The zero-order valence-electron chi connectivity index (χ0n) is 10.6. The summed E-state index contributed by atoms with van der Waals surface area (Å²) in [6.07, 6.45) is 2.78. The van der Waals surface area contributed by atoms with E-state index in [-0.39, 0.29) is 6.10 Å². The van der Waals surface area contributed by atoms with Crippen LogP contribution in [0, 0.1) is 0 Å². The van der Waals surface area contributed by atoms with Gasteiger partial charge >= 0.3 is 6.09 Å². The Morgan fingerprint density at radius 2 is 1.89 bits per heavy atom. The number of hydrogen-bond acceptors (Lipinski definition) is 3. The Bertz CT molecular complexity index is 397. The molecule has 1 aliphatic rings. The summed E-state index contributed by atoms with van der Waals surface area (Å²) in [5, 5.41) is 0. The second-order valence-corrected chi connectivity index (χ2v) is 4.72. The van der Waals surface area contributed by atoms with Crippen LogP contribution < -0.4 is 5.73 Å². The summed E-state index contributed by atoms with van der Waals surface area (Å²) < 4.78 is 10.8. The molecule has 18 heavy (non-hydrogen) atoms. The molecule has 1 saturated carbocycles.